The lowest BCUT2D eigenvalue weighted by Gasteiger charge is -2.25. The Morgan fingerprint density at radius 3 is 2.25 bits per heavy atom. The SMILES string of the molecule is CC(NC(=O)C(N)Cc1cnc[nH]1)C(=O)NC(C(=O)NC(CCC(N)=O)C(=O)O)C(C)O. The number of nitrogens with one attached hydrogen (secondary N) is 4. The molecule has 0 saturated heterocycles. The lowest BCUT2D eigenvalue weighted by atomic mass is 10.1. The molecule has 0 radical (unpaired) electrons. The quantitative estimate of drug-likeness (QED) is 0.147. The normalized spacial score (nSPS) is 15.5. The van der Waals surface area contributed by atoms with E-state index in [0.29, 0.717) is 5.69 Å². The van der Waals surface area contributed by atoms with E-state index < -0.39 is 59.9 Å². The molecule has 5 atom stereocenters. The molecule has 0 aromatic carbocycles. The van der Waals surface area contributed by atoms with Gasteiger partial charge in [0.1, 0.15) is 18.1 Å². The molecule has 1 heterocycles. The summed E-state index contributed by atoms with van der Waals surface area (Å²) in [7, 11) is 0. The summed E-state index contributed by atoms with van der Waals surface area (Å²) in [4.78, 5) is 65.8. The van der Waals surface area contributed by atoms with E-state index in [1.165, 1.54) is 26.4 Å². The molecule has 1 rings (SSSR count). The van der Waals surface area contributed by atoms with Gasteiger partial charge in [0.15, 0.2) is 0 Å². The van der Waals surface area contributed by atoms with Gasteiger partial charge < -0.3 is 42.6 Å². The van der Waals surface area contributed by atoms with Gasteiger partial charge in [-0.2, -0.15) is 0 Å². The molecule has 0 aliphatic heterocycles. The lowest BCUT2D eigenvalue weighted by Crippen LogP contribution is -2.59. The smallest absolute Gasteiger partial charge is 0.326 e. The Bertz CT molecular complexity index is 813. The van der Waals surface area contributed by atoms with Crippen LogP contribution in [0.2, 0.25) is 0 Å². The monoisotopic (exact) mass is 455 g/mol. The number of amides is 4. The molecule has 0 spiro atoms. The van der Waals surface area contributed by atoms with Gasteiger partial charge in [0.25, 0.3) is 0 Å². The summed E-state index contributed by atoms with van der Waals surface area (Å²) in [5, 5.41) is 25.9. The highest BCUT2D eigenvalue weighted by Gasteiger charge is 2.31. The molecular formula is C18H29N7O7. The molecule has 1 aromatic rings. The highest BCUT2D eigenvalue weighted by atomic mass is 16.4. The largest absolute Gasteiger partial charge is 0.480 e. The number of primary amides is 1. The van der Waals surface area contributed by atoms with E-state index >= 15 is 0 Å². The predicted molar refractivity (Wildman–Crippen MR) is 109 cm³/mol. The van der Waals surface area contributed by atoms with E-state index in [4.69, 9.17) is 11.5 Å². The van der Waals surface area contributed by atoms with E-state index in [9.17, 15) is 34.2 Å². The molecule has 0 bridgehead atoms. The molecule has 14 nitrogen and oxygen atoms in total. The number of aliphatic carboxylic acids is 1. The summed E-state index contributed by atoms with van der Waals surface area (Å²) in [6.45, 7) is 2.56. The number of imidazole rings is 1. The molecule has 14 heteroatoms. The minimum atomic E-state index is -1.52. The van der Waals surface area contributed by atoms with Gasteiger partial charge in [0, 0.05) is 24.7 Å². The number of carbonyl (C=O) groups excluding carboxylic acids is 4. The number of carboxylic acid groups (broad SMARTS) is 1. The Hall–Kier alpha value is -3.52. The summed E-state index contributed by atoms with van der Waals surface area (Å²) < 4.78 is 0. The highest BCUT2D eigenvalue weighted by Crippen LogP contribution is 2.02. The summed E-state index contributed by atoms with van der Waals surface area (Å²) in [5.74, 6) is -4.59. The van der Waals surface area contributed by atoms with Gasteiger partial charge in [-0.05, 0) is 20.3 Å². The van der Waals surface area contributed by atoms with Gasteiger partial charge in [-0.3, -0.25) is 19.2 Å². The van der Waals surface area contributed by atoms with Crippen molar-refractivity contribution in [2.45, 2.75) is 63.4 Å². The molecule has 1 aromatic heterocycles. The van der Waals surface area contributed by atoms with Gasteiger partial charge >= 0.3 is 5.97 Å². The first-order chi connectivity index (χ1) is 14.9. The molecule has 5 unspecified atom stereocenters. The number of aliphatic hydroxyl groups excluding tert-OH is 1. The molecule has 0 aliphatic rings. The third-order valence-corrected chi connectivity index (χ3v) is 4.44. The van der Waals surface area contributed by atoms with Gasteiger partial charge in [-0.25, -0.2) is 9.78 Å². The number of rotatable bonds is 13. The van der Waals surface area contributed by atoms with Crippen LogP contribution in [-0.4, -0.2) is 80.1 Å². The number of nitrogens with two attached hydrogens (primary N) is 2. The van der Waals surface area contributed by atoms with E-state index in [0.717, 1.165) is 0 Å². The maximum absolute atomic E-state index is 12.4. The van der Waals surface area contributed by atoms with Crippen LogP contribution in [0.5, 0.6) is 0 Å². The number of aliphatic hydroxyl groups is 1. The first-order valence-electron chi connectivity index (χ1n) is 9.75. The van der Waals surface area contributed by atoms with E-state index in [2.05, 4.69) is 25.9 Å². The fourth-order valence-electron chi connectivity index (χ4n) is 2.60. The predicted octanol–water partition coefficient (Wildman–Crippen LogP) is -3.52. The number of nitrogens with zero attached hydrogens (tertiary/aromatic N) is 1. The van der Waals surface area contributed by atoms with E-state index in [1.807, 2.05) is 0 Å². The van der Waals surface area contributed by atoms with Crippen molar-refractivity contribution in [2.75, 3.05) is 0 Å². The van der Waals surface area contributed by atoms with Crippen molar-refractivity contribution in [1.29, 1.82) is 0 Å². The van der Waals surface area contributed by atoms with Crippen LogP contribution < -0.4 is 27.4 Å². The van der Waals surface area contributed by atoms with Crippen molar-refractivity contribution >= 4 is 29.6 Å². The highest BCUT2D eigenvalue weighted by molar-refractivity contribution is 5.94. The van der Waals surface area contributed by atoms with Crippen molar-refractivity contribution in [2.24, 2.45) is 11.5 Å². The number of carbonyl (C=O) groups is 5. The van der Waals surface area contributed by atoms with Crippen molar-refractivity contribution in [3.63, 3.8) is 0 Å². The summed E-state index contributed by atoms with van der Waals surface area (Å²) >= 11 is 0. The second kappa shape index (κ2) is 12.4. The van der Waals surface area contributed by atoms with Crippen LogP contribution in [0, 0.1) is 0 Å². The van der Waals surface area contributed by atoms with Crippen LogP contribution in [0.15, 0.2) is 12.5 Å². The Morgan fingerprint density at radius 2 is 1.75 bits per heavy atom. The maximum atomic E-state index is 12.4. The van der Waals surface area contributed by atoms with Crippen LogP contribution in [0.1, 0.15) is 32.4 Å². The van der Waals surface area contributed by atoms with Crippen LogP contribution in [0.25, 0.3) is 0 Å². The maximum Gasteiger partial charge on any atom is 0.326 e. The van der Waals surface area contributed by atoms with Crippen molar-refractivity contribution in [3.8, 4) is 0 Å². The Morgan fingerprint density at radius 1 is 1.09 bits per heavy atom. The second-order valence-electron chi connectivity index (χ2n) is 7.25. The number of H-pyrrole nitrogens is 1. The number of hydrogen-bond donors (Lipinski definition) is 8. The first-order valence-corrected chi connectivity index (χ1v) is 9.75. The van der Waals surface area contributed by atoms with Crippen molar-refractivity contribution in [3.05, 3.63) is 18.2 Å². The number of carboxylic acids is 1. The average molecular weight is 455 g/mol. The molecule has 0 fully saturated rings. The molecule has 178 valence electrons. The van der Waals surface area contributed by atoms with Crippen molar-refractivity contribution in [1.82, 2.24) is 25.9 Å². The zero-order chi connectivity index (χ0) is 24.4. The summed E-state index contributed by atoms with van der Waals surface area (Å²) in [6.07, 6.45) is 1.14. The summed E-state index contributed by atoms with van der Waals surface area (Å²) in [5.41, 5.74) is 11.4. The fourth-order valence-corrected chi connectivity index (χ4v) is 2.60. The van der Waals surface area contributed by atoms with Gasteiger partial charge in [0.2, 0.25) is 23.6 Å². The van der Waals surface area contributed by atoms with Gasteiger partial charge in [0.05, 0.1) is 18.5 Å². The van der Waals surface area contributed by atoms with Gasteiger partial charge in [-0.15, -0.1) is 0 Å². The number of aromatic amines is 1. The van der Waals surface area contributed by atoms with Crippen LogP contribution in [-0.2, 0) is 30.4 Å². The molecular weight excluding hydrogens is 426 g/mol. The molecule has 10 N–H and O–H groups in total. The topological polar surface area (TPSA) is 243 Å². The van der Waals surface area contributed by atoms with Gasteiger partial charge in [-0.1, -0.05) is 0 Å². The van der Waals surface area contributed by atoms with E-state index in [-0.39, 0.29) is 19.3 Å². The standard InChI is InChI=1S/C18H29N7O7/c1-8(23-16(29)11(19)5-10-6-21-7-22-10)15(28)25-14(9(2)26)17(30)24-12(18(31)32)3-4-13(20)27/h6-9,11-12,14,26H,3-5,19H2,1-2H3,(H2,20,27)(H,21,22)(H,23,29)(H,24,30)(H,25,28)(H,31,32). The van der Waals surface area contributed by atoms with Crippen LogP contribution in [0.4, 0.5) is 0 Å². The van der Waals surface area contributed by atoms with E-state index in [1.54, 1.807) is 0 Å². The zero-order valence-electron chi connectivity index (χ0n) is 17.7. The number of hydrogen-bond acceptors (Lipinski definition) is 8. The Balaban J connectivity index is 2.69. The Labute approximate surface area is 183 Å². The third-order valence-electron chi connectivity index (χ3n) is 4.44. The van der Waals surface area contributed by atoms with Crippen LogP contribution in [0.3, 0.4) is 0 Å². The molecule has 32 heavy (non-hydrogen) atoms. The van der Waals surface area contributed by atoms with Crippen molar-refractivity contribution < 1.29 is 34.2 Å². The third kappa shape index (κ3) is 8.69. The fraction of sp³-hybridized carbons (Fsp3) is 0.556. The lowest BCUT2D eigenvalue weighted by molar-refractivity contribution is -0.143. The second-order valence-corrected chi connectivity index (χ2v) is 7.25. The summed E-state index contributed by atoms with van der Waals surface area (Å²) in [6, 6.07) is -5.06. The first kappa shape index (κ1) is 26.5. The Kier molecular flexibility index (Phi) is 10.2. The van der Waals surface area contributed by atoms with Crippen LogP contribution >= 0.6 is 0 Å². The zero-order valence-corrected chi connectivity index (χ0v) is 17.7. The minimum Gasteiger partial charge on any atom is -0.480 e. The number of aromatic nitrogens is 2. The molecule has 0 saturated carbocycles. The molecule has 0 aliphatic carbocycles. The molecule has 4 amide bonds. The average Bonchev–Trinajstić information content (AvgIpc) is 3.20. The minimum absolute atomic E-state index is 0.154.